The van der Waals surface area contributed by atoms with Crippen LogP contribution in [0.5, 0.6) is 0 Å². The van der Waals surface area contributed by atoms with Crippen LogP contribution in [0.2, 0.25) is 0 Å². The van der Waals surface area contributed by atoms with Gasteiger partial charge in [0.1, 0.15) is 12.4 Å². The van der Waals surface area contributed by atoms with Gasteiger partial charge in [0.05, 0.1) is 12.4 Å². The molecule has 92 valence electrons. The molecule has 0 spiro atoms. The van der Waals surface area contributed by atoms with Gasteiger partial charge in [-0.15, -0.1) is 0 Å². The highest BCUT2D eigenvalue weighted by Gasteiger charge is 2.14. The molecule has 1 atom stereocenters. The summed E-state index contributed by atoms with van der Waals surface area (Å²) in [6, 6.07) is 4.32. The average molecular weight is 225 g/mol. The second-order valence-corrected chi connectivity index (χ2v) is 4.74. The van der Waals surface area contributed by atoms with Gasteiger partial charge in [-0.2, -0.15) is 0 Å². The lowest BCUT2D eigenvalue weighted by molar-refractivity contribution is 0.00249. The lowest BCUT2D eigenvalue weighted by Crippen LogP contribution is -2.36. The van der Waals surface area contributed by atoms with Crippen LogP contribution in [0.25, 0.3) is 0 Å². The molecular weight excluding hydrogens is 202 g/mol. The normalized spacial score (nSPS) is 13.6. The number of furan rings is 1. The molecule has 16 heavy (non-hydrogen) atoms. The van der Waals surface area contributed by atoms with E-state index in [4.69, 9.17) is 9.15 Å². The fraction of sp³-hybridized carbons (Fsp3) is 0.692. The van der Waals surface area contributed by atoms with Crippen molar-refractivity contribution in [1.29, 1.82) is 0 Å². The Labute approximate surface area is 98.2 Å². The summed E-state index contributed by atoms with van der Waals surface area (Å²) >= 11 is 0. The first kappa shape index (κ1) is 13.3. The van der Waals surface area contributed by atoms with Gasteiger partial charge in [-0.3, -0.25) is 0 Å². The number of ether oxygens (including phenoxy) is 1. The monoisotopic (exact) mass is 225 g/mol. The van der Waals surface area contributed by atoms with Crippen LogP contribution >= 0.6 is 0 Å². The first-order valence-electron chi connectivity index (χ1n) is 5.97. The van der Waals surface area contributed by atoms with Crippen LogP contribution in [0.4, 0.5) is 0 Å². The molecule has 0 radical (unpaired) electrons. The van der Waals surface area contributed by atoms with Crippen molar-refractivity contribution in [3.05, 3.63) is 24.2 Å². The summed E-state index contributed by atoms with van der Waals surface area (Å²) in [5.74, 6) is 1.39. The fourth-order valence-corrected chi connectivity index (χ4v) is 1.42. The summed E-state index contributed by atoms with van der Waals surface area (Å²) in [6.45, 7) is 10.1. The number of hydrogen-bond acceptors (Lipinski definition) is 3. The van der Waals surface area contributed by atoms with Crippen molar-refractivity contribution in [2.24, 2.45) is 5.92 Å². The summed E-state index contributed by atoms with van der Waals surface area (Å²) < 4.78 is 11.1. The first-order valence-corrected chi connectivity index (χ1v) is 5.97. The van der Waals surface area contributed by atoms with Crippen LogP contribution in [0.1, 0.15) is 33.5 Å². The van der Waals surface area contributed by atoms with Gasteiger partial charge in [0, 0.05) is 12.6 Å². The summed E-state index contributed by atoms with van der Waals surface area (Å²) in [4.78, 5) is 0. The minimum atomic E-state index is 0.229. The van der Waals surface area contributed by atoms with Crippen molar-refractivity contribution in [3.8, 4) is 0 Å². The first-order chi connectivity index (χ1) is 7.59. The van der Waals surface area contributed by atoms with Crippen LogP contribution in [-0.2, 0) is 11.3 Å². The molecule has 1 heterocycles. The highest BCUT2D eigenvalue weighted by molar-refractivity contribution is 4.96. The molecule has 1 aromatic rings. The van der Waals surface area contributed by atoms with E-state index in [1.54, 1.807) is 6.26 Å². The predicted octanol–water partition coefficient (Wildman–Crippen LogP) is 2.82. The molecule has 0 aliphatic carbocycles. The Kier molecular flexibility index (Phi) is 5.56. The Morgan fingerprint density at radius 1 is 1.31 bits per heavy atom. The largest absolute Gasteiger partial charge is 0.467 e. The van der Waals surface area contributed by atoms with E-state index in [0.717, 1.165) is 12.3 Å². The van der Waals surface area contributed by atoms with Gasteiger partial charge in [-0.1, -0.05) is 27.7 Å². The van der Waals surface area contributed by atoms with Gasteiger partial charge in [-0.05, 0) is 18.1 Å². The number of hydrogen-bond donors (Lipinski definition) is 1. The van der Waals surface area contributed by atoms with E-state index < -0.39 is 0 Å². The van der Waals surface area contributed by atoms with Crippen molar-refractivity contribution >= 4 is 0 Å². The van der Waals surface area contributed by atoms with E-state index >= 15 is 0 Å². The third kappa shape index (κ3) is 4.81. The molecule has 0 aliphatic rings. The average Bonchev–Trinajstić information content (AvgIpc) is 2.69. The summed E-state index contributed by atoms with van der Waals surface area (Å²) in [6.07, 6.45) is 1.91. The maximum absolute atomic E-state index is 5.84. The molecule has 0 fully saturated rings. The SMILES string of the molecule is CC(C)NCC(OCc1ccco1)C(C)C. The van der Waals surface area contributed by atoms with Crippen LogP contribution in [0.15, 0.2) is 22.8 Å². The Hall–Kier alpha value is -0.800. The molecule has 0 aliphatic heterocycles. The van der Waals surface area contributed by atoms with Crippen molar-refractivity contribution in [2.75, 3.05) is 6.54 Å². The quantitative estimate of drug-likeness (QED) is 0.775. The van der Waals surface area contributed by atoms with Gasteiger partial charge >= 0.3 is 0 Å². The van der Waals surface area contributed by atoms with E-state index in [1.165, 1.54) is 0 Å². The molecule has 3 heteroatoms. The van der Waals surface area contributed by atoms with Crippen LogP contribution in [0.3, 0.4) is 0 Å². The zero-order valence-corrected chi connectivity index (χ0v) is 10.7. The van der Waals surface area contributed by atoms with Gasteiger partial charge in [-0.25, -0.2) is 0 Å². The zero-order valence-electron chi connectivity index (χ0n) is 10.7. The number of rotatable bonds is 7. The molecule has 1 unspecified atom stereocenters. The lowest BCUT2D eigenvalue weighted by Gasteiger charge is -2.22. The molecule has 0 bridgehead atoms. The third-order valence-electron chi connectivity index (χ3n) is 2.49. The Morgan fingerprint density at radius 3 is 2.56 bits per heavy atom. The molecular formula is C13H23NO2. The standard InChI is InChI=1S/C13H23NO2/c1-10(2)13(8-14-11(3)4)16-9-12-6-5-7-15-12/h5-7,10-11,13-14H,8-9H2,1-4H3. The summed E-state index contributed by atoms with van der Waals surface area (Å²) in [7, 11) is 0. The topological polar surface area (TPSA) is 34.4 Å². The predicted molar refractivity (Wildman–Crippen MR) is 65.3 cm³/mol. The second-order valence-electron chi connectivity index (χ2n) is 4.74. The van der Waals surface area contributed by atoms with E-state index in [0.29, 0.717) is 18.6 Å². The van der Waals surface area contributed by atoms with E-state index in [1.807, 2.05) is 12.1 Å². The molecule has 0 aromatic carbocycles. The Balaban J connectivity index is 2.33. The minimum Gasteiger partial charge on any atom is -0.467 e. The molecule has 3 nitrogen and oxygen atoms in total. The van der Waals surface area contributed by atoms with Crippen LogP contribution in [-0.4, -0.2) is 18.7 Å². The van der Waals surface area contributed by atoms with Gasteiger partial charge in [0.15, 0.2) is 0 Å². The van der Waals surface area contributed by atoms with E-state index in [9.17, 15) is 0 Å². The molecule has 0 amide bonds. The lowest BCUT2D eigenvalue weighted by atomic mass is 10.1. The smallest absolute Gasteiger partial charge is 0.129 e. The second kappa shape index (κ2) is 6.71. The van der Waals surface area contributed by atoms with E-state index in [-0.39, 0.29) is 6.10 Å². The zero-order chi connectivity index (χ0) is 12.0. The van der Waals surface area contributed by atoms with Crippen molar-refractivity contribution < 1.29 is 9.15 Å². The molecule has 1 N–H and O–H groups in total. The third-order valence-corrected chi connectivity index (χ3v) is 2.49. The van der Waals surface area contributed by atoms with Crippen LogP contribution < -0.4 is 5.32 Å². The van der Waals surface area contributed by atoms with Gasteiger partial charge < -0.3 is 14.5 Å². The Morgan fingerprint density at radius 2 is 2.06 bits per heavy atom. The summed E-state index contributed by atoms with van der Waals surface area (Å²) in [5, 5.41) is 3.40. The van der Waals surface area contributed by atoms with Crippen molar-refractivity contribution in [1.82, 2.24) is 5.32 Å². The Bertz CT molecular complexity index is 267. The summed E-state index contributed by atoms with van der Waals surface area (Å²) in [5.41, 5.74) is 0. The minimum absolute atomic E-state index is 0.229. The van der Waals surface area contributed by atoms with Gasteiger partial charge in [0.25, 0.3) is 0 Å². The molecule has 0 saturated heterocycles. The fourth-order valence-electron chi connectivity index (χ4n) is 1.42. The molecule has 0 saturated carbocycles. The maximum atomic E-state index is 5.84. The maximum Gasteiger partial charge on any atom is 0.129 e. The van der Waals surface area contributed by atoms with Crippen molar-refractivity contribution in [3.63, 3.8) is 0 Å². The number of nitrogens with one attached hydrogen (secondary N) is 1. The highest BCUT2D eigenvalue weighted by Crippen LogP contribution is 2.10. The van der Waals surface area contributed by atoms with Crippen molar-refractivity contribution in [2.45, 2.75) is 46.4 Å². The molecule has 1 aromatic heterocycles. The van der Waals surface area contributed by atoms with Gasteiger partial charge in [0.2, 0.25) is 0 Å². The van der Waals surface area contributed by atoms with E-state index in [2.05, 4.69) is 33.0 Å². The molecule has 1 rings (SSSR count). The van der Waals surface area contributed by atoms with Crippen LogP contribution in [0, 0.1) is 5.92 Å². The highest BCUT2D eigenvalue weighted by atomic mass is 16.5.